The molecule has 0 aliphatic carbocycles. The smallest absolute Gasteiger partial charge is 0.207 e. The van der Waals surface area contributed by atoms with E-state index in [9.17, 15) is 0 Å². The summed E-state index contributed by atoms with van der Waals surface area (Å²) in [6.07, 6.45) is 6.23. The molecule has 1 heterocycles. The molecule has 0 saturated heterocycles. The first-order valence-corrected chi connectivity index (χ1v) is 7.18. The lowest BCUT2D eigenvalue weighted by atomic mass is 10.1. The van der Waals surface area contributed by atoms with E-state index < -0.39 is 0 Å². The number of benzene rings is 1. The average molecular weight is 272 g/mol. The summed E-state index contributed by atoms with van der Waals surface area (Å²) in [5, 5.41) is 3.41. The molecule has 0 aliphatic heterocycles. The van der Waals surface area contributed by atoms with Gasteiger partial charge in [0, 0.05) is 44.4 Å². The van der Waals surface area contributed by atoms with Gasteiger partial charge in [-0.1, -0.05) is 19.4 Å². The Kier molecular flexibility index (Phi) is 4.66. The number of hydrogen-bond donors (Lipinski definition) is 1. The van der Waals surface area contributed by atoms with E-state index in [2.05, 4.69) is 65.9 Å². The molecular formula is C16H24N4. The van der Waals surface area contributed by atoms with Gasteiger partial charge in [-0.3, -0.25) is 0 Å². The summed E-state index contributed by atoms with van der Waals surface area (Å²) in [5.74, 6) is 0.909. The van der Waals surface area contributed by atoms with Gasteiger partial charge >= 0.3 is 0 Å². The summed E-state index contributed by atoms with van der Waals surface area (Å²) >= 11 is 0. The van der Waals surface area contributed by atoms with Gasteiger partial charge in [-0.15, -0.1) is 0 Å². The van der Waals surface area contributed by atoms with Gasteiger partial charge in [0.1, 0.15) is 0 Å². The number of anilines is 3. The largest absolute Gasteiger partial charge is 0.377 e. The van der Waals surface area contributed by atoms with Crippen molar-refractivity contribution in [2.45, 2.75) is 33.2 Å². The number of rotatable bonds is 6. The fourth-order valence-electron chi connectivity index (χ4n) is 2.24. The lowest BCUT2D eigenvalue weighted by Gasteiger charge is -2.17. The maximum absolute atomic E-state index is 4.40. The minimum atomic E-state index is 0.909. The van der Waals surface area contributed by atoms with Gasteiger partial charge in [0.05, 0.1) is 0 Å². The highest BCUT2D eigenvalue weighted by Crippen LogP contribution is 2.24. The Morgan fingerprint density at radius 2 is 2.10 bits per heavy atom. The van der Waals surface area contributed by atoms with Crippen LogP contribution in [-0.2, 0) is 6.54 Å². The van der Waals surface area contributed by atoms with Crippen molar-refractivity contribution < 1.29 is 0 Å². The van der Waals surface area contributed by atoms with Crippen LogP contribution in [0.5, 0.6) is 0 Å². The average Bonchev–Trinajstić information content (AvgIpc) is 2.85. The molecular weight excluding hydrogens is 248 g/mol. The predicted octanol–water partition coefficient (Wildman–Crippen LogP) is 3.80. The monoisotopic (exact) mass is 272 g/mol. The van der Waals surface area contributed by atoms with Crippen LogP contribution < -0.4 is 10.2 Å². The second-order valence-corrected chi connectivity index (χ2v) is 5.32. The second-order valence-electron chi connectivity index (χ2n) is 5.32. The third kappa shape index (κ3) is 3.32. The lowest BCUT2D eigenvalue weighted by Crippen LogP contribution is -2.11. The summed E-state index contributed by atoms with van der Waals surface area (Å²) in [6, 6.07) is 6.40. The summed E-state index contributed by atoms with van der Waals surface area (Å²) in [6.45, 7) is 5.33. The normalized spacial score (nSPS) is 10.6. The van der Waals surface area contributed by atoms with E-state index in [0.717, 1.165) is 18.2 Å². The van der Waals surface area contributed by atoms with Crippen molar-refractivity contribution in [3.8, 4) is 0 Å². The van der Waals surface area contributed by atoms with Crippen LogP contribution in [-0.4, -0.2) is 23.6 Å². The molecule has 108 valence electrons. The van der Waals surface area contributed by atoms with Crippen molar-refractivity contribution in [2.24, 2.45) is 0 Å². The highest BCUT2D eigenvalue weighted by atomic mass is 15.2. The minimum absolute atomic E-state index is 0.909. The van der Waals surface area contributed by atoms with Gasteiger partial charge in [-0.05, 0) is 31.0 Å². The molecule has 1 N–H and O–H groups in total. The van der Waals surface area contributed by atoms with Crippen molar-refractivity contribution in [1.29, 1.82) is 0 Å². The molecule has 0 atom stereocenters. The van der Waals surface area contributed by atoms with E-state index in [1.54, 1.807) is 0 Å². The molecule has 1 aromatic heterocycles. The highest BCUT2D eigenvalue weighted by molar-refractivity contribution is 5.65. The van der Waals surface area contributed by atoms with Crippen molar-refractivity contribution >= 4 is 17.3 Å². The number of aromatic nitrogens is 2. The third-order valence-corrected chi connectivity index (χ3v) is 3.42. The zero-order valence-corrected chi connectivity index (χ0v) is 12.8. The molecule has 4 heteroatoms. The topological polar surface area (TPSA) is 33.1 Å². The van der Waals surface area contributed by atoms with E-state index in [-0.39, 0.29) is 0 Å². The zero-order valence-electron chi connectivity index (χ0n) is 12.8. The van der Waals surface area contributed by atoms with Crippen molar-refractivity contribution in [1.82, 2.24) is 9.55 Å². The summed E-state index contributed by atoms with van der Waals surface area (Å²) in [4.78, 5) is 6.53. The van der Waals surface area contributed by atoms with Crippen molar-refractivity contribution in [3.63, 3.8) is 0 Å². The van der Waals surface area contributed by atoms with Gasteiger partial charge in [0.25, 0.3) is 0 Å². The summed E-state index contributed by atoms with van der Waals surface area (Å²) in [5.41, 5.74) is 3.57. The maximum Gasteiger partial charge on any atom is 0.207 e. The molecule has 20 heavy (non-hydrogen) atoms. The number of unbranched alkanes of at least 4 members (excludes halogenated alkanes) is 1. The molecule has 0 aliphatic rings. The Balaban J connectivity index is 2.18. The van der Waals surface area contributed by atoms with Crippen LogP contribution in [0.2, 0.25) is 0 Å². The molecule has 0 fully saturated rings. The SMILES string of the molecule is CCCCn1ccnc1Nc1ccc(C)c(N(C)C)c1. The number of nitrogens with zero attached hydrogens (tertiary/aromatic N) is 3. The zero-order chi connectivity index (χ0) is 14.5. The van der Waals surface area contributed by atoms with Crippen LogP contribution in [0, 0.1) is 6.92 Å². The van der Waals surface area contributed by atoms with Crippen molar-refractivity contribution in [3.05, 3.63) is 36.2 Å². The summed E-state index contributed by atoms with van der Waals surface area (Å²) < 4.78 is 2.17. The van der Waals surface area contributed by atoms with E-state index in [1.807, 2.05) is 12.4 Å². The fourth-order valence-corrected chi connectivity index (χ4v) is 2.24. The van der Waals surface area contributed by atoms with E-state index >= 15 is 0 Å². The second kappa shape index (κ2) is 6.46. The number of aryl methyl sites for hydroxylation is 2. The van der Waals surface area contributed by atoms with Crippen LogP contribution >= 0.6 is 0 Å². The molecule has 4 nitrogen and oxygen atoms in total. The molecule has 0 saturated carbocycles. The first-order valence-electron chi connectivity index (χ1n) is 7.18. The van der Waals surface area contributed by atoms with Gasteiger partial charge in [0.2, 0.25) is 5.95 Å². The highest BCUT2D eigenvalue weighted by Gasteiger charge is 2.06. The Bertz CT molecular complexity index is 557. The van der Waals surface area contributed by atoms with E-state index in [1.165, 1.54) is 24.1 Å². The van der Waals surface area contributed by atoms with Crippen LogP contribution in [0.25, 0.3) is 0 Å². The Morgan fingerprint density at radius 1 is 1.30 bits per heavy atom. The Morgan fingerprint density at radius 3 is 2.80 bits per heavy atom. The third-order valence-electron chi connectivity index (χ3n) is 3.42. The fraction of sp³-hybridized carbons (Fsp3) is 0.438. The van der Waals surface area contributed by atoms with Crippen LogP contribution in [0.1, 0.15) is 25.3 Å². The molecule has 0 unspecified atom stereocenters. The maximum atomic E-state index is 4.40. The number of hydrogen-bond acceptors (Lipinski definition) is 3. The first kappa shape index (κ1) is 14.4. The molecule has 0 bridgehead atoms. The molecule has 0 spiro atoms. The van der Waals surface area contributed by atoms with Crippen molar-refractivity contribution in [2.75, 3.05) is 24.3 Å². The number of nitrogens with one attached hydrogen (secondary N) is 1. The van der Waals surface area contributed by atoms with Crippen LogP contribution in [0.4, 0.5) is 17.3 Å². The molecule has 0 radical (unpaired) electrons. The minimum Gasteiger partial charge on any atom is -0.377 e. The summed E-state index contributed by atoms with van der Waals surface area (Å²) in [7, 11) is 4.13. The van der Waals surface area contributed by atoms with E-state index in [0.29, 0.717) is 0 Å². The Labute approximate surface area is 121 Å². The van der Waals surface area contributed by atoms with Crippen LogP contribution in [0.15, 0.2) is 30.6 Å². The molecule has 1 aromatic carbocycles. The lowest BCUT2D eigenvalue weighted by molar-refractivity contribution is 0.638. The molecule has 0 amide bonds. The van der Waals surface area contributed by atoms with Gasteiger partial charge in [0.15, 0.2) is 0 Å². The van der Waals surface area contributed by atoms with Gasteiger partial charge in [-0.25, -0.2) is 4.98 Å². The predicted molar refractivity (Wildman–Crippen MR) is 85.9 cm³/mol. The van der Waals surface area contributed by atoms with Gasteiger partial charge in [-0.2, -0.15) is 0 Å². The Hall–Kier alpha value is -1.97. The number of imidazole rings is 1. The standard InChI is InChI=1S/C16H24N4/c1-5-6-10-20-11-9-17-16(20)18-14-8-7-13(2)15(12-14)19(3)4/h7-9,11-12H,5-6,10H2,1-4H3,(H,17,18). The molecule has 2 rings (SSSR count). The quantitative estimate of drug-likeness (QED) is 0.868. The molecule has 2 aromatic rings. The van der Waals surface area contributed by atoms with Gasteiger partial charge < -0.3 is 14.8 Å². The van der Waals surface area contributed by atoms with E-state index in [4.69, 9.17) is 0 Å². The van der Waals surface area contributed by atoms with Crippen LogP contribution in [0.3, 0.4) is 0 Å². The first-order chi connectivity index (χ1) is 9.61.